The molecule has 0 saturated carbocycles. The molecule has 0 radical (unpaired) electrons. The Morgan fingerprint density at radius 3 is 2.22 bits per heavy atom. The minimum Gasteiger partial charge on any atom is -0.284 e. The van der Waals surface area contributed by atoms with E-state index in [9.17, 15) is 4.57 Å². The lowest BCUT2D eigenvalue weighted by molar-refractivity contribution is 0.501. The fourth-order valence-corrected chi connectivity index (χ4v) is 5.18. The molecule has 3 nitrogen and oxygen atoms in total. The lowest BCUT2D eigenvalue weighted by Gasteiger charge is -2.25. The van der Waals surface area contributed by atoms with Gasteiger partial charge in [0.1, 0.15) is 0 Å². The lowest BCUT2D eigenvalue weighted by atomic mass is 10.1. The molecule has 0 bridgehead atoms. The highest BCUT2D eigenvalue weighted by Crippen LogP contribution is 2.53. The number of hydrogen-bond acceptors (Lipinski definition) is 1. The third kappa shape index (κ3) is 1.63. The summed E-state index contributed by atoms with van der Waals surface area (Å²) in [5, 5.41) is 3.28. The molecule has 0 aliphatic carbocycles. The highest BCUT2D eigenvalue weighted by molar-refractivity contribution is 7.67. The molecule has 0 unspecified atom stereocenters. The van der Waals surface area contributed by atoms with Crippen molar-refractivity contribution in [2.24, 2.45) is 0 Å². The maximum Gasteiger partial charge on any atom is 0.245 e. The van der Waals surface area contributed by atoms with Crippen LogP contribution in [0.25, 0.3) is 10.8 Å². The van der Waals surface area contributed by atoms with Crippen LogP contribution in [0.2, 0.25) is 0 Å². The summed E-state index contributed by atoms with van der Waals surface area (Å²) in [6.07, 6.45) is 0. The standard InChI is InChI=1S/C14H17N2OP/c1-15-9-10-16(2)18(15,17)14-8-7-12-5-3-4-6-13(12)11-14/h3-8,11H,9-10H2,1-2H3. The predicted molar refractivity (Wildman–Crippen MR) is 76.4 cm³/mol. The predicted octanol–water partition coefficient (Wildman–Crippen LogP) is 2.54. The van der Waals surface area contributed by atoms with Gasteiger partial charge in [-0.15, -0.1) is 0 Å². The quantitative estimate of drug-likeness (QED) is 0.736. The first-order chi connectivity index (χ1) is 8.62. The zero-order chi connectivity index (χ0) is 12.8. The van der Waals surface area contributed by atoms with E-state index in [0.29, 0.717) is 0 Å². The van der Waals surface area contributed by atoms with Gasteiger partial charge in [-0.25, -0.2) is 9.34 Å². The zero-order valence-electron chi connectivity index (χ0n) is 10.7. The van der Waals surface area contributed by atoms with Gasteiger partial charge in [0.2, 0.25) is 7.44 Å². The van der Waals surface area contributed by atoms with Crippen LogP contribution in [0.1, 0.15) is 0 Å². The van der Waals surface area contributed by atoms with E-state index in [-0.39, 0.29) is 0 Å². The van der Waals surface area contributed by atoms with E-state index in [0.717, 1.165) is 23.8 Å². The molecule has 1 saturated heterocycles. The van der Waals surface area contributed by atoms with Crippen LogP contribution < -0.4 is 5.30 Å². The van der Waals surface area contributed by atoms with E-state index in [2.05, 4.69) is 24.3 Å². The van der Waals surface area contributed by atoms with E-state index in [1.54, 1.807) is 0 Å². The molecule has 3 rings (SSSR count). The molecule has 0 aromatic heterocycles. The van der Waals surface area contributed by atoms with Crippen LogP contribution in [0.15, 0.2) is 42.5 Å². The Labute approximate surface area is 107 Å². The Hall–Kier alpha value is -1.15. The molecule has 4 heteroatoms. The first-order valence-corrected chi connectivity index (χ1v) is 7.76. The highest BCUT2D eigenvalue weighted by Gasteiger charge is 2.39. The average Bonchev–Trinajstić information content (AvgIpc) is 2.67. The minimum atomic E-state index is -2.54. The number of benzene rings is 2. The van der Waals surface area contributed by atoms with Crippen molar-refractivity contribution in [3.05, 3.63) is 42.5 Å². The summed E-state index contributed by atoms with van der Waals surface area (Å²) >= 11 is 0. The molecule has 1 aliphatic rings. The van der Waals surface area contributed by atoms with Gasteiger partial charge in [0, 0.05) is 18.4 Å². The van der Waals surface area contributed by atoms with E-state index in [1.165, 1.54) is 5.39 Å². The molecule has 2 aromatic rings. The Kier molecular flexibility index (Phi) is 2.78. The number of nitrogens with zero attached hydrogens (tertiary/aromatic N) is 2. The molecule has 0 spiro atoms. The van der Waals surface area contributed by atoms with Gasteiger partial charge in [0.25, 0.3) is 0 Å². The van der Waals surface area contributed by atoms with Gasteiger partial charge in [-0.1, -0.05) is 30.3 Å². The van der Waals surface area contributed by atoms with Crippen molar-refractivity contribution in [1.29, 1.82) is 0 Å². The van der Waals surface area contributed by atoms with Crippen molar-refractivity contribution in [2.75, 3.05) is 27.2 Å². The molecular weight excluding hydrogens is 243 g/mol. The molecule has 1 heterocycles. The van der Waals surface area contributed by atoms with Crippen molar-refractivity contribution in [2.45, 2.75) is 0 Å². The first kappa shape index (κ1) is 11.9. The highest BCUT2D eigenvalue weighted by atomic mass is 31.2. The summed E-state index contributed by atoms with van der Waals surface area (Å²) in [4.78, 5) is 0. The summed E-state index contributed by atoms with van der Waals surface area (Å²) in [6, 6.07) is 14.3. The summed E-state index contributed by atoms with van der Waals surface area (Å²) in [7, 11) is 1.35. The van der Waals surface area contributed by atoms with Crippen molar-refractivity contribution in [3.8, 4) is 0 Å². The number of likely N-dealkylation sites (N-methyl/N-ethyl adjacent to an activating group) is 2. The maximum atomic E-state index is 13.2. The summed E-state index contributed by atoms with van der Waals surface area (Å²) < 4.78 is 17.1. The average molecular weight is 260 g/mol. The van der Waals surface area contributed by atoms with E-state index in [1.807, 2.05) is 41.6 Å². The Bertz CT molecular complexity index is 626. The fourth-order valence-electron chi connectivity index (χ4n) is 2.57. The van der Waals surface area contributed by atoms with Gasteiger partial charge in [0.05, 0.1) is 0 Å². The normalized spacial score (nSPS) is 20.6. The monoisotopic (exact) mass is 260 g/mol. The van der Waals surface area contributed by atoms with Crippen molar-refractivity contribution in [3.63, 3.8) is 0 Å². The van der Waals surface area contributed by atoms with Gasteiger partial charge < -0.3 is 0 Å². The maximum absolute atomic E-state index is 13.2. The van der Waals surface area contributed by atoms with Gasteiger partial charge in [-0.3, -0.25) is 4.57 Å². The van der Waals surface area contributed by atoms with Gasteiger partial charge >= 0.3 is 0 Å². The fraction of sp³-hybridized carbons (Fsp3) is 0.286. The minimum absolute atomic E-state index is 0.862. The second-order valence-electron chi connectivity index (χ2n) is 4.84. The van der Waals surface area contributed by atoms with Crippen LogP contribution in [-0.2, 0) is 4.57 Å². The second kappa shape index (κ2) is 4.20. The van der Waals surface area contributed by atoms with Crippen LogP contribution in [0.3, 0.4) is 0 Å². The van der Waals surface area contributed by atoms with Gasteiger partial charge in [-0.2, -0.15) is 0 Å². The molecular formula is C14H17N2OP. The topological polar surface area (TPSA) is 23.6 Å². The van der Waals surface area contributed by atoms with Crippen LogP contribution in [0.5, 0.6) is 0 Å². The molecule has 18 heavy (non-hydrogen) atoms. The zero-order valence-corrected chi connectivity index (χ0v) is 11.6. The molecule has 0 atom stereocenters. The molecule has 1 fully saturated rings. The van der Waals surface area contributed by atoms with Crippen molar-refractivity contribution in [1.82, 2.24) is 9.34 Å². The summed E-state index contributed by atoms with van der Waals surface area (Å²) in [6.45, 7) is 1.72. The van der Waals surface area contributed by atoms with Gasteiger partial charge in [-0.05, 0) is 37.0 Å². The first-order valence-electron chi connectivity index (χ1n) is 6.15. The molecule has 0 amide bonds. The number of hydrogen-bond donors (Lipinski definition) is 0. The third-order valence-electron chi connectivity index (χ3n) is 3.74. The smallest absolute Gasteiger partial charge is 0.245 e. The van der Waals surface area contributed by atoms with Crippen LogP contribution >= 0.6 is 7.44 Å². The molecule has 2 aromatic carbocycles. The molecule has 94 valence electrons. The molecule has 1 aliphatic heterocycles. The number of fused-ring (bicyclic) bond motifs is 1. The van der Waals surface area contributed by atoms with E-state index in [4.69, 9.17) is 0 Å². The summed E-state index contributed by atoms with van der Waals surface area (Å²) in [5.41, 5.74) is 0. The van der Waals surface area contributed by atoms with Crippen molar-refractivity contribution >= 4 is 23.5 Å². The van der Waals surface area contributed by atoms with Crippen molar-refractivity contribution < 1.29 is 4.57 Å². The Balaban J connectivity index is 2.17. The van der Waals surface area contributed by atoms with E-state index < -0.39 is 7.44 Å². The van der Waals surface area contributed by atoms with Gasteiger partial charge in [0.15, 0.2) is 0 Å². The van der Waals surface area contributed by atoms with Crippen LogP contribution in [-0.4, -0.2) is 36.5 Å². The third-order valence-corrected chi connectivity index (χ3v) is 6.94. The van der Waals surface area contributed by atoms with Crippen LogP contribution in [0.4, 0.5) is 0 Å². The van der Waals surface area contributed by atoms with E-state index >= 15 is 0 Å². The number of rotatable bonds is 1. The SMILES string of the molecule is CN1CCN(C)P1(=O)c1ccc2ccccc2c1. The Morgan fingerprint density at radius 1 is 0.944 bits per heavy atom. The molecule has 0 N–H and O–H groups in total. The Morgan fingerprint density at radius 2 is 1.56 bits per heavy atom. The lowest BCUT2D eigenvalue weighted by Crippen LogP contribution is -2.22. The summed E-state index contributed by atoms with van der Waals surface area (Å²) in [5.74, 6) is 0. The largest absolute Gasteiger partial charge is 0.284 e. The van der Waals surface area contributed by atoms with Crippen LogP contribution in [0, 0.1) is 0 Å². The second-order valence-corrected chi connectivity index (χ2v) is 7.81.